The normalized spacial score (nSPS) is 20.5. The summed E-state index contributed by atoms with van der Waals surface area (Å²) in [4.78, 5) is 20.8. The number of benzene rings is 1. The Bertz CT molecular complexity index is 881. The van der Waals surface area contributed by atoms with E-state index in [-0.39, 0.29) is 22.3 Å². The van der Waals surface area contributed by atoms with Gasteiger partial charge in [0.2, 0.25) is 5.88 Å². The molecule has 0 unspecified atom stereocenters. The van der Waals surface area contributed by atoms with E-state index in [1.54, 1.807) is 4.90 Å². The Labute approximate surface area is 157 Å². The molecule has 0 radical (unpaired) electrons. The van der Waals surface area contributed by atoms with Crippen LogP contribution in [0.3, 0.4) is 0 Å². The van der Waals surface area contributed by atoms with Crippen LogP contribution in [0.1, 0.15) is 30.9 Å². The summed E-state index contributed by atoms with van der Waals surface area (Å²) in [6.45, 7) is 5.50. The SMILES string of the molecule is CCn1c(O)c(C=NC2CC[NH+](Cc3ccccc3)CC2)c(=O)[nH]c1=S. The van der Waals surface area contributed by atoms with Crippen molar-refractivity contribution in [1.29, 1.82) is 0 Å². The number of piperidine rings is 1. The molecule has 1 saturated heterocycles. The van der Waals surface area contributed by atoms with E-state index < -0.39 is 5.56 Å². The predicted molar refractivity (Wildman–Crippen MR) is 105 cm³/mol. The van der Waals surface area contributed by atoms with Crippen molar-refractivity contribution in [2.24, 2.45) is 4.99 Å². The average molecular weight is 374 g/mol. The van der Waals surface area contributed by atoms with Gasteiger partial charge < -0.3 is 10.0 Å². The Morgan fingerprint density at radius 2 is 2.04 bits per heavy atom. The number of nitrogens with one attached hydrogen (secondary N) is 2. The number of aromatic hydroxyl groups is 1. The van der Waals surface area contributed by atoms with Crippen LogP contribution in [-0.4, -0.2) is 40.0 Å². The lowest BCUT2D eigenvalue weighted by Crippen LogP contribution is -3.12. The molecule has 7 heteroatoms. The topological polar surface area (TPSA) is 74.8 Å². The first-order valence-electron chi connectivity index (χ1n) is 9.05. The van der Waals surface area contributed by atoms with Gasteiger partial charge in [-0.05, 0) is 19.1 Å². The lowest BCUT2D eigenvalue weighted by atomic mass is 10.0. The molecular weight excluding hydrogens is 348 g/mol. The molecule has 6 nitrogen and oxygen atoms in total. The van der Waals surface area contributed by atoms with Crippen molar-refractivity contribution in [2.75, 3.05) is 13.1 Å². The number of aromatic amines is 1. The van der Waals surface area contributed by atoms with Crippen molar-refractivity contribution in [1.82, 2.24) is 9.55 Å². The van der Waals surface area contributed by atoms with Gasteiger partial charge in [0.15, 0.2) is 4.77 Å². The third-order valence-corrected chi connectivity index (χ3v) is 5.22. The Balaban J connectivity index is 1.63. The minimum Gasteiger partial charge on any atom is -0.494 e. The van der Waals surface area contributed by atoms with Gasteiger partial charge in [-0.3, -0.25) is 19.3 Å². The molecule has 0 bridgehead atoms. The molecular formula is C19H25N4O2S+. The van der Waals surface area contributed by atoms with Crippen molar-refractivity contribution in [2.45, 2.75) is 38.9 Å². The van der Waals surface area contributed by atoms with E-state index in [1.165, 1.54) is 16.3 Å². The zero-order valence-electron chi connectivity index (χ0n) is 14.9. The van der Waals surface area contributed by atoms with Gasteiger partial charge in [0.1, 0.15) is 12.1 Å². The Hall–Kier alpha value is -2.25. The van der Waals surface area contributed by atoms with Crippen LogP contribution in [0.25, 0.3) is 0 Å². The first-order valence-corrected chi connectivity index (χ1v) is 9.46. The molecule has 2 heterocycles. The fourth-order valence-corrected chi connectivity index (χ4v) is 3.69. The number of hydrogen-bond acceptors (Lipinski definition) is 4. The average Bonchev–Trinajstić information content (AvgIpc) is 2.64. The highest BCUT2D eigenvalue weighted by molar-refractivity contribution is 7.71. The quantitative estimate of drug-likeness (QED) is 0.546. The first kappa shape index (κ1) is 18.5. The molecule has 0 saturated carbocycles. The Kier molecular flexibility index (Phi) is 6.00. The molecule has 0 aliphatic carbocycles. The lowest BCUT2D eigenvalue weighted by molar-refractivity contribution is -0.918. The van der Waals surface area contributed by atoms with E-state index in [4.69, 9.17) is 12.2 Å². The second-order valence-corrected chi connectivity index (χ2v) is 7.05. The van der Waals surface area contributed by atoms with Crippen molar-refractivity contribution in [3.05, 3.63) is 56.6 Å². The van der Waals surface area contributed by atoms with Crippen LogP contribution in [-0.2, 0) is 13.1 Å². The van der Waals surface area contributed by atoms with Crippen molar-refractivity contribution in [3.8, 4) is 5.88 Å². The molecule has 1 aliphatic heterocycles. The number of hydrogen-bond donors (Lipinski definition) is 3. The predicted octanol–water partition coefficient (Wildman–Crippen LogP) is 1.30. The summed E-state index contributed by atoms with van der Waals surface area (Å²) in [6.07, 6.45) is 3.45. The van der Waals surface area contributed by atoms with Crippen molar-refractivity contribution >= 4 is 18.4 Å². The zero-order valence-corrected chi connectivity index (χ0v) is 15.8. The summed E-state index contributed by atoms with van der Waals surface area (Å²) in [5.41, 5.74) is 1.14. The summed E-state index contributed by atoms with van der Waals surface area (Å²) in [6, 6.07) is 10.7. The summed E-state index contributed by atoms with van der Waals surface area (Å²) < 4.78 is 1.72. The fraction of sp³-hybridized carbons (Fsp3) is 0.421. The molecule has 1 aromatic heterocycles. The van der Waals surface area contributed by atoms with Gasteiger partial charge in [0.05, 0.1) is 19.1 Å². The minimum absolute atomic E-state index is 0.114. The zero-order chi connectivity index (χ0) is 18.5. The minimum atomic E-state index is -0.395. The van der Waals surface area contributed by atoms with Crippen LogP contribution in [0.15, 0.2) is 40.1 Å². The van der Waals surface area contributed by atoms with Crippen LogP contribution in [0, 0.1) is 4.77 Å². The van der Waals surface area contributed by atoms with Gasteiger partial charge in [0, 0.05) is 31.2 Å². The van der Waals surface area contributed by atoms with Gasteiger partial charge in [0.25, 0.3) is 5.56 Å². The molecule has 1 aliphatic rings. The van der Waals surface area contributed by atoms with Gasteiger partial charge in [-0.1, -0.05) is 30.3 Å². The number of aromatic nitrogens is 2. The van der Waals surface area contributed by atoms with Gasteiger partial charge in [-0.25, -0.2) is 0 Å². The number of rotatable bonds is 5. The van der Waals surface area contributed by atoms with E-state index in [0.29, 0.717) is 6.54 Å². The largest absolute Gasteiger partial charge is 0.494 e. The summed E-state index contributed by atoms with van der Waals surface area (Å²) in [5.74, 6) is -0.114. The highest BCUT2D eigenvalue weighted by Gasteiger charge is 2.21. The number of nitrogens with zero attached hydrogens (tertiary/aromatic N) is 2. The van der Waals surface area contributed by atoms with Crippen LogP contribution in [0.5, 0.6) is 5.88 Å². The maximum absolute atomic E-state index is 12.1. The Morgan fingerprint density at radius 3 is 2.69 bits per heavy atom. The van der Waals surface area contributed by atoms with Crippen LogP contribution >= 0.6 is 12.2 Å². The fourth-order valence-electron chi connectivity index (χ4n) is 3.39. The van der Waals surface area contributed by atoms with Gasteiger partial charge >= 0.3 is 0 Å². The molecule has 3 N–H and O–H groups in total. The summed E-state index contributed by atoms with van der Waals surface area (Å²) in [7, 11) is 0. The molecule has 138 valence electrons. The molecule has 1 fully saturated rings. The maximum atomic E-state index is 12.1. The Morgan fingerprint density at radius 1 is 1.35 bits per heavy atom. The third kappa shape index (κ3) is 4.28. The highest BCUT2D eigenvalue weighted by atomic mass is 32.1. The maximum Gasteiger partial charge on any atom is 0.264 e. The smallest absolute Gasteiger partial charge is 0.264 e. The summed E-state index contributed by atoms with van der Waals surface area (Å²) >= 11 is 5.06. The monoisotopic (exact) mass is 373 g/mol. The first-order chi connectivity index (χ1) is 12.6. The third-order valence-electron chi connectivity index (χ3n) is 4.90. The molecule has 0 amide bonds. The summed E-state index contributed by atoms with van der Waals surface area (Å²) in [5, 5.41) is 10.3. The molecule has 2 aromatic rings. The van der Waals surface area contributed by atoms with Crippen LogP contribution in [0.4, 0.5) is 0 Å². The van der Waals surface area contributed by atoms with E-state index in [1.807, 2.05) is 13.0 Å². The molecule has 26 heavy (non-hydrogen) atoms. The second-order valence-electron chi connectivity index (χ2n) is 6.66. The van der Waals surface area contributed by atoms with Gasteiger partial charge in [-0.2, -0.15) is 0 Å². The number of aliphatic imine (C=N–C) groups is 1. The number of H-pyrrole nitrogens is 1. The van der Waals surface area contributed by atoms with Crippen LogP contribution in [0.2, 0.25) is 0 Å². The van der Waals surface area contributed by atoms with Gasteiger partial charge in [-0.15, -0.1) is 0 Å². The van der Waals surface area contributed by atoms with E-state index >= 15 is 0 Å². The standard InChI is InChI=1S/C19H24N4O2S/c1-2-23-18(25)16(17(24)21-19(23)26)12-20-15-8-10-22(11-9-15)13-14-6-4-3-5-7-14/h3-7,12,15,25H,2,8-11,13H2,1H3,(H,21,24,26)/p+1. The highest BCUT2D eigenvalue weighted by Crippen LogP contribution is 2.12. The molecule has 0 atom stereocenters. The van der Waals surface area contributed by atoms with Crippen molar-refractivity contribution < 1.29 is 10.0 Å². The van der Waals surface area contributed by atoms with E-state index in [2.05, 4.69) is 34.2 Å². The van der Waals surface area contributed by atoms with Crippen LogP contribution < -0.4 is 10.5 Å². The lowest BCUT2D eigenvalue weighted by Gasteiger charge is -2.27. The second kappa shape index (κ2) is 8.42. The molecule has 3 rings (SSSR count). The van der Waals surface area contributed by atoms with Crippen molar-refractivity contribution in [3.63, 3.8) is 0 Å². The van der Waals surface area contributed by atoms with E-state index in [0.717, 1.165) is 32.5 Å². The number of likely N-dealkylation sites (tertiary alicyclic amines) is 1. The molecule has 1 aromatic carbocycles. The van der Waals surface area contributed by atoms with E-state index in [9.17, 15) is 9.90 Å². The molecule has 0 spiro atoms. The number of quaternary nitrogens is 1.